The maximum atomic E-state index is 12.6. The van der Waals surface area contributed by atoms with Crippen LogP contribution in [0, 0.1) is 0 Å². The average molecular weight is 389 g/mol. The number of rotatable bonds is 5. The number of amides is 1. The minimum absolute atomic E-state index is 0.127. The Bertz CT molecular complexity index is 820. The van der Waals surface area contributed by atoms with Crippen molar-refractivity contribution in [3.63, 3.8) is 0 Å². The summed E-state index contributed by atoms with van der Waals surface area (Å²) in [5.74, 6) is -0.313. The van der Waals surface area contributed by atoms with Gasteiger partial charge in [-0.05, 0) is 50.5 Å². The van der Waals surface area contributed by atoms with Gasteiger partial charge in [0.2, 0.25) is 5.95 Å². The molecule has 1 aromatic heterocycles. The van der Waals surface area contributed by atoms with E-state index >= 15 is 0 Å². The number of hydrogen-bond acceptors (Lipinski definition) is 6. The lowest BCUT2D eigenvalue weighted by Crippen LogP contribution is -2.31. The van der Waals surface area contributed by atoms with Gasteiger partial charge in [-0.15, -0.1) is 0 Å². The van der Waals surface area contributed by atoms with E-state index in [1.54, 1.807) is 31.2 Å². The molecule has 0 atom stereocenters. The van der Waals surface area contributed by atoms with Gasteiger partial charge in [-0.1, -0.05) is 11.6 Å². The number of carbonyl (C=O) groups excluding carboxylic acids is 2. The van der Waals surface area contributed by atoms with E-state index in [1.807, 2.05) is 0 Å². The number of hydrogen-bond donors (Lipinski definition) is 1. The number of nitrogens with zero attached hydrogens (tertiary/aromatic N) is 3. The Morgan fingerprint density at radius 1 is 1.19 bits per heavy atom. The van der Waals surface area contributed by atoms with Crippen LogP contribution in [0.25, 0.3) is 0 Å². The summed E-state index contributed by atoms with van der Waals surface area (Å²) in [5, 5.41) is 2.93. The van der Waals surface area contributed by atoms with Crippen molar-refractivity contribution in [1.29, 1.82) is 0 Å². The highest BCUT2D eigenvalue weighted by Gasteiger charge is 2.19. The van der Waals surface area contributed by atoms with Crippen LogP contribution in [0.1, 0.15) is 47.0 Å². The lowest BCUT2D eigenvalue weighted by Gasteiger charge is -2.26. The summed E-state index contributed by atoms with van der Waals surface area (Å²) < 4.78 is 4.94. The Balaban J connectivity index is 1.72. The average Bonchev–Trinajstić information content (AvgIpc) is 2.69. The monoisotopic (exact) mass is 388 g/mol. The summed E-state index contributed by atoms with van der Waals surface area (Å²) in [6.45, 7) is 3.80. The van der Waals surface area contributed by atoms with E-state index in [4.69, 9.17) is 16.3 Å². The fraction of sp³-hybridized carbons (Fsp3) is 0.368. The van der Waals surface area contributed by atoms with Crippen LogP contribution in [-0.4, -0.2) is 41.5 Å². The highest BCUT2D eigenvalue weighted by Crippen LogP contribution is 2.21. The van der Waals surface area contributed by atoms with Crippen molar-refractivity contribution in [2.75, 3.05) is 29.9 Å². The molecular formula is C19H21ClN4O3. The summed E-state index contributed by atoms with van der Waals surface area (Å²) in [6.07, 6.45) is 4.82. The van der Waals surface area contributed by atoms with Crippen LogP contribution in [0.4, 0.5) is 11.6 Å². The number of piperidine rings is 1. The van der Waals surface area contributed by atoms with Crippen LogP contribution in [0.5, 0.6) is 0 Å². The summed E-state index contributed by atoms with van der Waals surface area (Å²) in [5.41, 5.74) is 1.08. The first-order chi connectivity index (χ1) is 13.1. The molecule has 2 aromatic rings. The third kappa shape index (κ3) is 4.74. The zero-order valence-electron chi connectivity index (χ0n) is 15.1. The van der Waals surface area contributed by atoms with Gasteiger partial charge in [0.15, 0.2) is 5.69 Å². The molecule has 1 N–H and O–H groups in total. The van der Waals surface area contributed by atoms with Crippen LogP contribution in [0.3, 0.4) is 0 Å². The normalized spacial score (nSPS) is 13.9. The SMILES string of the molecule is CCOC(=O)c1ccc(NC(=O)c2nc(N3CCCCC3)ncc2Cl)cc1. The standard InChI is InChI=1S/C19H21ClN4O3/c1-2-27-18(26)13-6-8-14(9-7-13)22-17(25)16-15(20)12-21-19(23-16)24-10-4-3-5-11-24/h6-9,12H,2-5,10-11H2,1H3,(H,22,25). The fourth-order valence-corrected chi connectivity index (χ4v) is 3.03. The predicted octanol–water partition coefficient (Wildman–Crippen LogP) is 3.55. The van der Waals surface area contributed by atoms with Gasteiger partial charge < -0.3 is 15.0 Å². The van der Waals surface area contributed by atoms with Gasteiger partial charge >= 0.3 is 5.97 Å². The first-order valence-corrected chi connectivity index (χ1v) is 9.32. The molecule has 1 fully saturated rings. The molecule has 1 amide bonds. The van der Waals surface area contributed by atoms with E-state index in [0.717, 1.165) is 25.9 Å². The van der Waals surface area contributed by atoms with Crippen molar-refractivity contribution in [1.82, 2.24) is 9.97 Å². The molecule has 0 bridgehead atoms. The molecule has 1 aromatic carbocycles. The van der Waals surface area contributed by atoms with Crippen LogP contribution in [0.15, 0.2) is 30.5 Å². The highest BCUT2D eigenvalue weighted by molar-refractivity contribution is 6.34. The summed E-state index contributed by atoms with van der Waals surface area (Å²) in [7, 11) is 0. The predicted molar refractivity (Wildman–Crippen MR) is 103 cm³/mol. The number of anilines is 2. The van der Waals surface area contributed by atoms with Crippen molar-refractivity contribution in [3.8, 4) is 0 Å². The van der Waals surface area contributed by atoms with Crippen molar-refractivity contribution in [3.05, 3.63) is 46.7 Å². The van der Waals surface area contributed by atoms with Gasteiger partial charge in [-0.2, -0.15) is 0 Å². The topological polar surface area (TPSA) is 84.4 Å². The summed E-state index contributed by atoms with van der Waals surface area (Å²) in [4.78, 5) is 34.9. The molecule has 1 saturated heterocycles. The first-order valence-electron chi connectivity index (χ1n) is 8.94. The Morgan fingerprint density at radius 3 is 2.56 bits per heavy atom. The molecule has 3 rings (SSSR count). The van der Waals surface area contributed by atoms with Crippen LogP contribution >= 0.6 is 11.6 Å². The van der Waals surface area contributed by atoms with Crippen molar-refractivity contribution >= 4 is 35.1 Å². The molecule has 0 aliphatic carbocycles. The first kappa shape index (κ1) is 19.1. The quantitative estimate of drug-likeness (QED) is 0.788. The lowest BCUT2D eigenvalue weighted by molar-refractivity contribution is 0.0526. The number of benzene rings is 1. The molecule has 1 aliphatic rings. The minimum Gasteiger partial charge on any atom is -0.462 e. The van der Waals surface area contributed by atoms with Crippen LogP contribution < -0.4 is 10.2 Å². The number of halogens is 1. The summed E-state index contributed by atoms with van der Waals surface area (Å²) in [6, 6.07) is 6.44. The highest BCUT2D eigenvalue weighted by atomic mass is 35.5. The number of esters is 1. The molecular weight excluding hydrogens is 368 g/mol. The maximum absolute atomic E-state index is 12.6. The van der Waals surface area contributed by atoms with Gasteiger partial charge in [0.05, 0.1) is 23.4 Å². The number of nitrogens with one attached hydrogen (secondary N) is 1. The van der Waals surface area contributed by atoms with E-state index in [-0.39, 0.29) is 10.7 Å². The molecule has 27 heavy (non-hydrogen) atoms. The third-order valence-electron chi connectivity index (χ3n) is 4.24. The largest absolute Gasteiger partial charge is 0.462 e. The molecule has 8 heteroatoms. The molecule has 1 aliphatic heterocycles. The van der Waals surface area contributed by atoms with Crippen LogP contribution in [-0.2, 0) is 4.74 Å². The second-order valence-electron chi connectivity index (χ2n) is 6.17. The third-order valence-corrected chi connectivity index (χ3v) is 4.52. The summed E-state index contributed by atoms with van der Waals surface area (Å²) >= 11 is 6.13. The van der Waals surface area contributed by atoms with Crippen molar-refractivity contribution in [2.24, 2.45) is 0 Å². The lowest BCUT2D eigenvalue weighted by atomic mass is 10.1. The Labute approximate surface area is 162 Å². The molecule has 0 radical (unpaired) electrons. The zero-order valence-corrected chi connectivity index (χ0v) is 15.8. The van der Waals surface area contributed by atoms with Crippen molar-refractivity contribution < 1.29 is 14.3 Å². The number of carbonyl (C=O) groups is 2. The molecule has 7 nitrogen and oxygen atoms in total. The molecule has 0 spiro atoms. The van der Waals surface area contributed by atoms with Gasteiger partial charge in [0.1, 0.15) is 0 Å². The second kappa shape index (κ2) is 8.81. The smallest absolute Gasteiger partial charge is 0.338 e. The Kier molecular flexibility index (Phi) is 6.24. The fourth-order valence-electron chi connectivity index (χ4n) is 2.86. The Hall–Kier alpha value is -2.67. The Morgan fingerprint density at radius 2 is 1.89 bits per heavy atom. The van der Waals surface area contributed by atoms with Gasteiger partial charge in [-0.3, -0.25) is 4.79 Å². The van der Waals surface area contributed by atoms with Crippen molar-refractivity contribution in [2.45, 2.75) is 26.2 Å². The molecule has 0 unspecified atom stereocenters. The zero-order chi connectivity index (χ0) is 19.2. The van der Waals surface area contributed by atoms with E-state index in [1.165, 1.54) is 12.6 Å². The molecule has 2 heterocycles. The van der Waals surface area contributed by atoms with Gasteiger partial charge in [0, 0.05) is 18.8 Å². The maximum Gasteiger partial charge on any atom is 0.338 e. The second-order valence-corrected chi connectivity index (χ2v) is 6.57. The van der Waals surface area contributed by atoms with Gasteiger partial charge in [0.25, 0.3) is 5.91 Å². The minimum atomic E-state index is -0.426. The van der Waals surface area contributed by atoms with Crippen LogP contribution in [0.2, 0.25) is 5.02 Å². The van der Waals surface area contributed by atoms with E-state index in [9.17, 15) is 9.59 Å². The number of ether oxygens (including phenoxy) is 1. The number of aromatic nitrogens is 2. The molecule has 0 saturated carbocycles. The van der Waals surface area contributed by atoms with E-state index < -0.39 is 11.9 Å². The van der Waals surface area contributed by atoms with Gasteiger partial charge in [-0.25, -0.2) is 14.8 Å². The van der Waals surface area contributed by atoms with E-state index in [2.05, 4.69) is 20.2 Å². The van der Waals surface area contributed by atoms with E-state index in [0.29, 0.717) is 23.8 Å². The molecule has 142 valence electrons.